The van der Waals surface area contributed by atoms with Crippen molar-refractivity contribution in [3.8, 4) is 0 Å². The van der Waals surface area contributed by atoms with E-state index in [2.05, 4.69) is 85.7 Å². The van der Waals surface area contributed by atoms with Crippen molar-refractivity contribution in [3.05, 3.63) is 132 Å². The Morgan fingerprint density at radius 2 is 1.32 bits per heavy atom. The predicted molar refractivity (Wildman–Crippen MR) is 224 cm³/mol. The van der Waals surface area contributed by atoms with Gasteiger partial charge in [-0.1, -0.05) is 80.6 Å². The van der Waals surface area contributed by atoms with Crippen LogP contribution in [0.25, 0.3) is 21.5 Å². The first kappa shape index (κ1) is 40.8. The average Bonchev–Trinajstić information content (AvgIpc) is 3.48. The van der Waals surface area contributed by atoms with E-state index >= 15 is 0 Å². The second-order valence-electron chi connectivity index (χ2n) is 15.5. The predicted octanol–water partition coefficient (Wildman–Crippen LogP) is 8.51. The molecule has 0 bridgehead atoms. The molecule has 0 aromatic heterocycles. The van der Waals surface area contributed by atoms with Crippen LogP contribution >= 0.6 is 0 Å². The van der Waals surface area contributed by atoms with E-state index < -0.39 is 37.0 Å². The zero-order valence-corrected chi connectivity index (χ0v) is 33.8. The molecule has 0 atom stereocenters. The summed E-state index contributed by atoms with van der Waals surface area (Å²) in [6.45, 7) is 9.53. The molecule has 0 fully saturated rings. The summed E-state index contributed by atoms with van der Waals surface area (Å²) in [4.78, 5) is 14.7. The highest BCUT2D eigenvalue weighted by Crippen LogP contribution is 2.51. The summed E-state index contributed by atoms with van der Waals surface area (Å²) in [7, 11) is -8.16. The van der Waals surface area contributed by atoms with Gasteiger partial charge in [-0.2, -0.15) is 21.4 Å². The summed E-state index contributed by atoms with van der Waals surface area (Å²) >= 11 is 0. The lowest BCUT2D eigenvalue weighted by atomic mass is 9.79. The zero-order valence-electron chi connectivity index (χ0n) is 32.1. The number of hydrogen-bond acceptors (Lipinski definition) is 6. The Kier molecular flexibility index (Phi) is 11.6. The number of allylic oxidation sites excluding steroid dienone is 6. The number of rotatable bonds is 15. The number of nitrogens with zero attached hydrogens (tertiary/aromatic N) is 2. The molecule has 3 N–H and O–H groups in total. The molecule has 0 amide bonds. The first-order chi connectivity index (χ1) is 26.4. The van der Waals surface area contributed by atoms with Crippen LogP contribution in [0.3, 0.4) is 0 Å². The van der Waals surface area contributed by atoms with Gasteiger partial charge in [0.1, 0.15) is 6.54 Å². The molecule has 56 heavy (non-hydrogen) atoms. The molecule has 12 heteroatoms. The number of hydrogen-bond donors (Lipinski definition) is 3. The summed E-state index contributed by atoms with van der Waals surface area (Å²) in [5, 5.41) is 14.7. The third-order valence-corrected chi connectivity index (χ3v) is 12.5. The van der Waals surface area contributed by atoms with Gasteiger partial charge in [-0.25, -0.2) is 4.79 Å². The lowest BCUT2D eigenvalue weighted by Crippen LogP contribution is -2.28. The fraction of sp³-hybridized carbons (Fsp3) is 0.318. The van der Waals surface area contributed by atoms with E-state index in [1.54, 1.807) is 24.3 Å². The number of anilines is 1. The highest BCUT2D eigenvalue weighted by molar-refractivity contribution is 7.86. The molecule has 0 aliphatic carbocycles. The number of carboxylic acids is 1. The maximum atomic E-state index is 12.6. The first-order valence-corrected chi connectivity index (χ1v) is 22.0. The van der Waals surface area contributed by atoms with Gasteiger partial charge < -0.3 is 10.0 Å². The number of carboxylic acid groups (broad SMARTS) is 1. The smallest absolute Gasteiger partial charge is 0.335 e. The van der Waals surface area contributed by atoms with Crippen molar-refractivity contribution >= 4 is 64.8 Å². The van der Waals surface area contributed by atoms with E-state index in [-0.39, 0.29) is 17.1 Å². The van der Waals surface area contributed by atoms with E-state index in [0.717, 1.165) is 55.5 Å². The molecule has 0 radical (unpaired) electrons. The Balaban J connectivity index is 1.33. The Bertz CT molecular complexity index is 2580. The summed E-state index contributed by atoms with van der Waals surface area (Å²) < 4.78 is 66.4. The van der Waals surface area contributed by atoms with Crippen LogP contribution in [0.1, 0.15) is 64.5 Å². The van der Waals surface area contributed by atoms with Crippen molar-refractivity contribution in [3.63, 3.8) is 0 Å². The fourth-order valence-electron chi connectivity index (χ4n) is 8.35. The molecule has 0 unspecified atom stereocenters. The number of carbonyl (C=O) groups is 1. The maximum Gasteiger partial charge on any atom is 0.335 e. The van der Waals surface area contributed by atoms with Crippen molar-refractivity contribution in [2.75, 3.05) is 29.5 Å². The van der Waals surface area contributed by atoms with Crippen molar-refractivity contribution in [1.29, 1.82) is 0 Å². The minimum Gasteiger partial charge on any atom is -0.478 e. The molecule has 2 heterocycles. The molecule has 2 aliphatic heterocycles. The van der Waals surface area contributed by atoms with Crippen LogP contribution in [0.4, 0.5) is 11.4 Å². The minimum absolute atomic E-state index is 0.0654. The highest BCUT2D eigenvalue weighted by atomic mass is 32.2. The molecule has 294 valence electrons. The van der Waals surface area contributed by atoms with Crippen LogP contribution in [0.5, 0.6) is 0 Å². The van der Waals surface area contributed by atoms with Crippen molar-refractivity contribution in [2.24, 2.45) is 0 Å². The van der Waals surface area contributed by atoms with E-state index in [1.165, 1.54) is 0 Å². The topological polar surface area (TPSA) is 152 Å². The van der Waals surface area contributed by atoms with E-state index in [0.29, 0.717) is 38.8 Å². The normalized spacial score (nSPS) is 17.6. The van der Waals surface area contributed by atoms with Crippen molar-refractivity contribution in [1.82, 2.24) is 0 Å². The average molecular weight is 798 g/mol. The minimum atomic E-state index is -4.08. The molecule has 0 spiro atoms. The number of benzene rings is 4. The van der Waals surface area contributed by atoms with Gasteiger partial charge >= 0.3 is 5.97 Å². The third kappa shape index (κ3) is 8.58. The molecule has 10 nitrogen and oxygen atoms in total. The quantitative estimate of drug-likeness (QED) is 0.0354. The molecule has 4 aromatic rings. The molecule has 0 saturated heterocycles. The Labute approximate surface area is 329 Å². The van der Waals surface area contributed by atoms with Crippen LogP contribution in [0.2, 0.25) is 0 Å². The van der Waals surface area contributed by atoms with Gasteiger partial charge in [-0.15, -0.1) is 0 Å². The summed E-state index contributed by atoms with van der Waals surface area (Å²) in [5.41, 5.74) is 5.28. The van der Waals surface area contributed by atoms with E-state index in [1.807, 2.05) is 36.4 Å². The maximum absolute atomic E-state index is 12.6. The van der Waals surface area contributed by atoms with Crippen molar-refractivity contribution in [2.45, 2.75) is 64.2 Å². The standard InChI is InChI=1S/C44H48N2O8S2/c1-43(2)38(45(27-9-11-29-55(49,50)51)36-25-23-31-15-5-7-19-34(31)40(36)43)21-13-17-33(42(47)48)18-14-22-39-44(3,4)41-35-20-8-6-16-32(35)24-26-37(41)46(39)28-10-12-30-56(52,53)54/h5-8,13-26H,9-12,27-30H2,1-4H3,(H2-,47,48,49,50,51,52,53,54)/p+1. The SMILES string of the molecule is CC1(C)C(/C=C/C=C(/C=C/C=C2/N(CCCCS(=O)(=O)O)c3ccc4ccccc4c3C2(C)C)C(=O)O)=[N+](CCCCS(=O)(=O)O)c2ccc3ccccc3c21. The third-order valence-electron chi connectivity index (χ3n) is 10.9. The fourth-order valence-corrected chi connectivity index (χ4v) is 9.48. The largest absolute Gasteiger partial charge is 0.478 e. The molecular weight excluding hydrogens is 749 g/mol. The molecule has 0 saturated carbocycles. The summed E-state index contributed by atoms with van der Waals surface area (Å²) in [6, 6.07) is 24.6. The van der Waals surface area contributed by atoms with Gasteiger partial charge in [0.15, 0.2) is 5.71 Å². The Morgan fingerprint density at radius 3 is 1.95 bits per heavy atom. The number of fused-ring (bicyclic) bond motifs is 6. The van der Waals surface area contributed by atoms with E-state index in [4.69, 9.17) is 0 Å². The van der Waals surface area contributed by atoms with Crippen LogP contribution in [0.15, 0.2) is 121 Å². The lowest BCUT2D eigenvalue weighted by molar-refractivity contribution is -0.438. The van der Waals surface area contributed by atoms with Gasteiger partial charge in [0.2, 0.25) is 5.69 Å². The van der Waals surface area contributed by atoms with Crippen LogP contribution in [0, 0.1) is 0 Å². The molecule has 2 aliphatic rings. The number of aliphatic carboxylic acids is 1. The monoisotopic (exact) mass is 797 g/mol. The van der Waals surface area contributed by atoms with Crippen LogP contribution in [-0.2, 0) is 35.9 Å². The Hall–Kier alpha value is -4.88. The van der Waals surface area contributed by atoms with Gasteiger partial charge in [-0.3, -0.25) is 9.11 Å². The molecule has 6 rings (SSSR count). The second-order valence-corrected chi connectivity index (χ2v) is 18.6. The zero-order chi connectivity index (χ0) is 40.5. The highest BCUT2D eigenvalue weighted by Gasteiger charge is 2.45. The van der Waals surface area contributed by atoms with Gasteiger partial charge in [0, 0.05) is 47.5 Å². The van der Waals surface area contributed by atoms with Crippen molar-refractivity contribution < 1.29 is 40.4 Å². The van der Waals surface area contributed by atoms with Gasteiger partial charge in [0.25, 0.3) is 20.2 Å². The summed E-state index contributed by atoms with van der Waals surface area (Å²) in [6.07, 6.45) is 12.0. The van der Waals surface area contributed by atoms with Crippen LogP contribution in [-0.4, -0.2) is 71.9 Å². The Morgan fingerprint density at radius 1 is 0.732 bits per heavy atom. The lowest BCUT2D eigenvalue weighted by Gasteiger charge is -2.27. The van der Waals surface area contributed by atoms with Gasteiger partial charge in [0.05, 0.1) is 22.5 Å². The van der Waals surface area contributed by atoms with E-state index in [9.17, 15) is 35.8 Å². The number of unbranched alkanes of at least 4 members (excludes halogenated alkanes) is 2. The summed E-state index contributed by atoms with van der Waals surface area (Å²) in [5.74, 6) is -1.74. The second kappa shape index (κ2) is 15.9. The molecular formula is C44H49N2O8S2+. The van der Waals surface area contributed by atoms with Gasteiger partial charge in [-0.05, 0) is 90.6 Å². The first-order valence-electron chi connectivity index (χ1n) is 18.8. The van der Waals surface area contributed by atoms with Crippen LogP contribution < -0.4 is 4.90 Å². The molecule has 4 aromatic carbocycles.